The summed E-state index contributed by atoms with van der Waals surface area (Å²) < 4.78 is 5.12. The van der Waals surface area contributed by atoms with Crippen LogP contribution in [0.1, 0.15) is 32.3 Å². The molecule has 0 amide bonds. The van der Waals surface area contributed by atoms with E-state index >= 15 is 0 Å². The first-order valence-corrected chi connectivity index (χ1v) is 7.12. The Balaban J connectivity index is 2.29. The standard InChI is InChI=1S/C18H24O2/c1-4-8-15(2)13-16(3)11-12-20-18(19)14-17-9-6-5-7-10-17/h4-7,9-12,15-16H,1,8,13-14H2,2-3H3/b12-11+. The van der Waals surface area contributed by atoms with E-state index in [-0.39, 0.29) is 5.97 Å². The van der Waals surface area contributed by atoms with E-state index in [9.17, 15) is 4.79 Å². The fourth-order valence-electron chi connectivity index (χ4n) is 2.15. The molecule has 108 valence electrons. The molecule has 0 aliphatic carbocycles. The minimum Gasteiger partial charge on any atom is -0.435 e. The second kappa shape index (κ2) is 9.13. The lowest BCUT2D eigenvalue weighted by molar-refractivity contribution is -0.137. The van der Waals surface area contributed by atoms with Crippen LogP contribution in [0.2, 0.25) is 0 Å². The Morgan fingerprint density at radius 2 is 2.00 bits per heavy atom. The van der Waals surface area contributed by atoms with E-state index in [2.05, 4.69) is 20.4 Å². The molecule has 0 saturated heterocycles. The van der Waals surface area contributed by atoms with Gasteiger partial charge in [0, 0.05) is 0 Å². The fourth-order valence-corrected chi connectivity index (χ4v) is 2.15. The van der Waals surface area contributed by atoms with Crippen molar-refractivity contribution in [2.75, 3.05) is 0 Å². The normalized spacial score (nSPS) is 13.9. The molecule has 0 saturated carbocycles. The van der Waals surface area contributed by atoms with Crippen LogP contribution in [0.5, 0.6) is 0 Å². The van der Waals surface area contributed by atoms with E-state index in [1.807, 2.05) is 42.5 Å². The molecule has 1 rings (SSSR count). The molecule has 0 heterocycles. The lowest BCUT2D eigenvalue weighted by Crippen LogP contribution is -2.05. The molecule has 2 atom stereocenters. The zero-order valence-electron chi connectivity index (χ0n) is 12.4. The summed E-state index contributed by atoms with van der Waals surface area (Å²) in [6.07, 6.45) is 7.82. The molecule has 1 aromatic carbocycles. The van der Waals surface area contributed by atoms with Gasteiger partial charge < -0.3 is 4.74 Å². The predicted octanol–water partition coefficient (Wildman–Crippen LogP) is 4.52. The van der Waals surface area contributed by atoms with Crippen molar-refractivity contribution in [3.05, 3.63) is 60.9 Å². The van der Waals surface area contributed by atoms with E-state index in [1.54, 1.807) is 0 Å². The number of hydrogen-bond donors (Lipinski definition) is 0. The van der Waals surface area contributed by atoms with Crippen molar-refractivity contribution in [2.24, 2.45) is 11.8 Å². The van der Waals surface area contributed by atoms with Gasteiger partial charge in [-0.25, -0.2) is 0 Å². The summed E-state index contributed by atoms with van der Waals surface area (Å²) in [5.74, 6) is 0.778. The van der Waals surface area contributed by atoms with E-state index in [1.165, 1.54) is 6.26 Å². The Hall–Kier alpha value is -1.83. The highest BCUT2D eigenvalue weighted by Crippen LogP contribution is 2.16. The van der Waals surface area contributed by atoms with Crippen LogP contribution >= 0.6 is 0 Å². The van der Waals surface area contributed by atoms with E-state index in [0.717, 1.165) is 18.4 Å². The number of carbonyl (C=O) groups is 1. The molecule has 2 unspecified atom stereocenters. The molecule has 0 aromatic heterocycles. The molecule has 0 N–H and O–H groups in total. The maximum atomic E-state index is 11.6. The zero-order chi connectivity index (χ0) is 14.8. The lowest BCUT2D eigenvalue weighted by atomic mass is 9.95. The van der Waals surface area contributed by atoms with Crippen LogP contribution in [0, 0.1) is 11.8 Å². The van der Waals surface area contributed by atoms with Crippen molar-refractivity contribution in [1.29, 1.82) is 0 Å². The van der Waals surface area contributed by atoms with Crippen molar-refractivity contribution < 1.29 is 9.53 Å². The molecule has 2 nitrogen and oxygen atoms in total. The van der Waals surface area contributed by atoms with E-state index in [4.69, 9.17) is 4.74 Å². The summed E-state index contributed by atoms with van der Waals surface area (Å²) in [7, 11) is 0. The third kappa shape index (κ3) is 6.93. The average Bonchev–Trinajstić information content (AvgIpc) is 2.39. The number of rotatable bonds is 8. The minimum atomic E-state index is -0.223. The van der Waals surface area contributed by atoms with Gasteiger partial charge >= 0.3 is 5.97 Å². The van der Waals surface area contributed by atoms with Crippen LogP contribution in [0.4, 0.5) is 0 Å². The van der Waals surface area contributed by atoms with Crippen molar-refractivity contribution in [3.63, 3.8) is 0 Å². The molecule has 0 aliphatic heterocycles. The van der Waals surface area contributed by atoms with Crippen LogP contribution in [0.15, 0.2) is 55.3 Å². The smallest absolute Gasteiger partial charge is 0.315 e. The van der Waals surface area contributed by atoms with Crippen LogP contribution in [-0.4, -0.2) is 5.97 Å². The number of hydrogen-bond acceptors (Lipinski definition) is 2. The molecule has 0 aliphatic rings. The van der Waals surface area contributed by atoms with Crippen molar-refractivity contribution in [2.45, 2.75) is 33.1 Å². The van der Waals surface area contributed by atoms with Gasteiger partial charge in [-0.05, 0) is 36.3 Å². The number of benzene rings is 1. The SMILES string of the molecule is C=CCC(C)CC(C)/C=C/OC(=O)Cc1ccccc1. The highest BCUT2D eigenvalue weighted by Gasteiger charge is 2.06. The quantitative estimate of drug-likeness (QED) is 0.395. The average molecular weight is 272 g/mol. The van der Waals surface area contributed by atoms with E-state index < -0.39 is 0 Å². The molecule has 20 heavy (non-hydrogen) atoms. The first kappa shape index (κ1) is 16.2. The Kier molecular flexibility index (Phi) is 7.41. The molecule has 2 heteroatoms. The summed E-state index contributed by atoms with van der Waals surface area (Å²) in [5, 5.41) is 0. The molecular weight excluding hydrogens is 248 g/mol. The molecule has 1 aromatic rings. The zero-order valence-corrected chi connectivity index (χ0v) is 12.4. The van der Waals surface area contributed by atoms with Crippen LogP contribution in [0.3, 0.4) is 0 Å². The van der Waals surface area contributed by atoms with Crippen molar-refractivity contribution >= 4 is 5.97 Å². The first-order valence-electron chi connectivity index (χ1n) is 7.12. The molecule has 0 bridgehead atoms. The highest BCUT2D eigenvalue weighted by molar-refractivity contribution is 5.73. The van der Waals surface area contributed by atoms with Gasteiger partial charge in [-0.3, -0.25) is 4.79 Å². The van der Waals surface area contributed by atoms with Gasteiger partial charge in [0.1, 0.15) is 0 Å². The van der Waals surface area contributed by atoms with Gasteiger partial charge in [-0.1, -0.05) is 50.3 Å². The number of carbonyl (C=O) groups excluding carboxylic acids is 1. The summed E-state index contributed by atoms with van der Waals surface area (Å²) in [6, 6.07) is 9.61. The van der Waals surface area contributed by atoms with Crippen LogP contribution in [0.25, 0.3) is 0 Å². The predicted molar refractivity (Wildman–Crippen MR) is 83.1 cm³/mol. The van der Waals surface area contributed by atoms with Gasteiger partial charge in [0.15, 0.2) is 0 Å². The van der Waals surface area contributed by atoms with Crippen LogP contribution < -0.4 is 0 Å². The second-order valence-electron chi connectivity index (χ2n) is 5.32. The summed E-state index contributed by atoms with van der Waals surface area (Å²) in [6.45, 7) is 8.07. The first-order chi connectivity index (χ1) is 9.61. The third-order valence-corrected chi connectivity index (χ3v) is 3.14. The maximum Gasteiger partial charge on any atom is 0.315 e. The number of ether oxygens (including phenoxy) is 1. The maximum absolute atomic E-state index is 11.6. The van der Waals surface area contributed by atoms with Gasteiger partial charge in [-0.15, -0.1) is 6.58 Å². The molecule has 0 spiro atoms. The Morgan fingerprint density at radius 3 is 2.65 bits per heavy atom. The minimum absolute atomic E-state index is 0.223. The van der Waals surface area contributed by atoms with Crippen molar-refractivity contribution in [1.82, 2.24) is 0 Å². The fraction of sp³-hybridized carbons (Fsp3) is 0.389. The monoisotopic (exact) mass is 272 g/mol. The van der Waals surface area contributed by atoms with Gasteiger partial charge in [0.05, 0.1) is 12.7 Å². The van der Waals surface area contributed by atoms with E-state index in [0.29, 0.717) is 18.3 Å². The highest BCUT2D eigenvalue weighted by atomic mass is 16.5. The van der Waals surface area contributed by atoms with Crippen molar-refractivity contribution in [3.8, 4) is 0 Å². The van der Waals surface area contributed by atoms with Gasteiger partial charge in [0.2, 0.25) is 0 Å². The third-order valence-electron chi connectivity index (χ3n) is 3.14. The lowest BCUT2D eigenvalue weighted by Gasteiger charge is -2.11. The van der Waals surface area contributed by atoms with Gasteiger partial charge in [0.25, 0.3) is 0 Å². The Morgan fingerprint density at radius 1 is 1.30 bits per heavy atom. The summed E-state index contributed by atoms with van der Waals surface area (Å²) >= 11 is 0. The molecule has 0 radical (unpaired) electrons. The topological polar surface area (TPSA) is 26.3 Å². The number of allylic oxidation sites excluding steroid dienone is 2. The summed E-state index contributed by atoms with van der Waals surface area (Å²) in [5.41, 5.74) is 0.971. The summed E-state index contributed by atoms with van der Waals surface area (Å²) in [4.78, 5) is 11.6. The number of esters is 1. The van der Waals surface area contributed by atoms with Crippen LogP contribution in [-0.2, 0) is 16.0 Å². The largest absolute Gasteiger partial charge is 0.435 e. The Labute approximate surface area is 122 Å². The molecule has 0 fully saturated rings. The second-order valence-corrected chi connectivity index (χ2v) is 5.32. The molecular formula is C18H24O2. The van der Waals surface area contributed by atoms with Gasteiger partial charge in [-0.2, -0.15) is 0 Å². The Bertz CT molecular complexity index is 434.